The summed E-state index contributed by atoms with van der Waals surface area (Å²) in [5.74, 6) is 1.22. The number of ether oxygens (including phenoxy) is 1. The van der Waals surface area contributed by atoms with E-state index in [9.17, 15) is 5.11 Å². The molecule has 0 amide bonds. The maximum Gasteiger partial charge on any atom is 0.191 e. The van der Waals surface area contributed by atoms with Gasteiger partial charge in [0.15, 0.2) is 5.96 Å². The quantitative estimate of drug-likeness (QED) is 0.359. The van der Waals surface area contributed by atoms with E-state index in [1.165, 1.54) is 5.56 Å². The summed E-state index contributed by atoms with van der Waals surface area (Å²) < 4.78 is 5.37. The molecule has 0 saturated carbocycles. The molecular weight excluding hydrogens is 316 g/mol. The predicted octanol–water partition coefficient (Wildman–Crippen LogP) is 1.60. The number of rotatable bonds is 9. The van der Waals surface area contributed by atoms with Gasteiger partial charge in [-0.3, -0.25) is 9.89 Å². The third-order valence-electron chi connectivity index (χ3n) is 4.22. The largest absolute Gasteiger partial charge is 0.508 e. The second kappa shape index (κ2) is 11.7. The number of phenolic OH excluding ortho intramolecular Hbond substituents is 1. The summed E-state index contributed by atoms with van der Waals surface area (Å²) in [6.07, 6.45) is 3.08. The number of benzene rings is 1. The first-order valence-corrected chi connectivity index (χ1v) is 9.38. The molecule has 2 rings (SSSR count). The summed E-state index contributed by atoms with van der Waals surface area (Å²) in [5.41, 5.74) is 1.23. The lowest BCUT2D eigenvalue weighted by atomic mass is 10.1. The van der Waals surface area contributed by atoms with Crippen LogP contribution in [0.25, 0.3) is 0 Å². The van der Waals surface area contributed by atoms with Gasteiger partial charge in [-0.25, -0.2) is 0 Å². The molecule has 1 aromatic carbocycles. The first-order chi connectivity index (χ1) is 12.3. The molecule has 0 bridgehead atoms. The summed E-state index contributed by atoms with van der Waals surface area (Å²) in [5, 5.41) is 16.0. The average molecular weight is 348 g/mol. The number of hydrogen-bond donors (Lipinski definition) is 3. The van der Waals surface area contributed by atoms with Crippen LogP contribution in [0.15, 0.2) is 29.3 Å². The van der Waals surface area contributed by atoms with Crippen molar-refractivity contribution < 1.29 is 9.84 Å². The zero-order chi connectivity index (χ0) is 17.7. The van der Waals surface area contributed by atoms with Crippen LogP contribution in [0, 0.1) is 0 Å². The van der Waals surface area contributed by atoms with Gasteiger partial charge in [0.05, 0.1) is 13.2 Å². The zero-order valence-electron chi connectivity index (χ0n) is 15.3. The van der Waals surface area contributed by atoms with Gasteiger partial charge in [0.1, 0.15) is 5.75 Å². The van der Waals surface area contributed by atoms with Gasteiger partial charge in [-0.05, 0) is 50.4 Å². The number of nitrogens with one attached hydrogen (secondary N) is 2. The van der Waals surface area contributed by atoms with Crippen LogP contribution in [0.5, 0.6) is 5.75 Å². The van der Waals surface area contributed by atoms with Crippen LogP contribution in [-0.2, 0) is 11.2 Å². The number of guanidine groups is 1. The van der Waals surface area contributed by atoms with Crippen LogP contribution in [0.1, 0.15) is 25.3 Å². The molecule has 25 heavy (non-hydrogen) atoms. The van der Waals surface area contributed by atoms with Gasteiger partial charge in [-0.1, -0.05) is 12.1 Å². The van der Waals surface area contributed by atoms with Crippen molar-refractivity contribution in [1.29, 1.82) is 0 Å². The lowest BCUT2D eigenvalue weighted by Crippen LogP contribution is -2.40. The summed E-state index contributed by atoms with van der Waals surface area (Å²) in [4.78, 5) is 7.09. The maximum atomic E-state index is 9.30. The van der Waals surface area contributed by atoms with E-state index in [1.807, 2.05) is 12.1 Å². The topological polar surface area (TPSA) is 69.1 Å². The van der Waals surface area contributed by atoms with Crippen molar-refractivity contribution >= 4 is 5.96 Å². The van der Waals surface area contributed by atoms with Crippen LogP contribution in [0.3, 0.4) is 0 Å². The van der Waals surface area contributed by atoms with E-state index >= 15 is 0 Å². The van der Waals surface area contributed by atoms with E-state index in [2.05, 4.69) is 27.4 Å². The van der Waals surface area contributed by atoms with Crippen molar-refractivity contribution in [3.63, 3.8) is 0 Å². The highest BCUT2D eigenvalue weighted by Crippen LogP contribution is 2.11. The van der Waals surface area contributed by atoms with Gasteiger partial charge >= 0.3 is 0 Å². The Balaban J connectivity index is 1.62. The SMILES string of the molecule is CCNC(=NCCCc1ccc(O)cc1)NCCCN1CCOCC1. The minimum Gasteiger partial charge on any atom is -0.508 e. The molecule has 1 aliphatic rings. The van der Waals surface area contributed by atoms with Crippen molar-refractivity contribution in [2.24, 2.45) is 4.99 Å². The predicted molar refractivity (Wildman–Crippen MR) is 102 cm³/mol. The third kappa shape index (κ3) is 8.23. The molecule has 1 heterocycles. The van der Waals surface area contributed by atoms with E-state index in [0.29, 0.717) is 5.75 Å². The highest BCUT2D eigenvalue weighted by Gasteiger charge is 2.09. The van der Waals surface area contributed by atoms with Crippen molar-refractivity contribution in [3.05, 3.63) is 29.8 Å². The minimum atomic E-state index is 0.317. The maximum absolute atomic E-state index is 9.30. The second-order valence-corrected chi connectivity index (χ2v) is 6.27. The number of hydrogen-bond acceptors (Lipinski definition) is 4. The van der Waals surface area contributed by atoms with Crippen LogP contribution in [0.4, 0.5) is 0 Å². The van der Waals surface area contributed by atoms with Gasteiger partial charge in [-0.2, -0.15) is 0 Å². The van der Waals surface area contributed by atoms with E-state index < -0.39 is 0 Å². The Kier molecular flexibility index (Phi) is 9.15. The van der Waals surface area contributed by atoms with Crippen molar-refractivity contribution in [3.8, 4) is 5.75 Å². The normalized spacial score (nSPS) is 16.0. The first-order valence-electron chi connectivity index (χ1n) is 9.38. The molecule has 0 aromatic heterocycles. The zero-order valence-corrected chi connectivity index (χ0v) is 15.3. The van der Waals surface area contributed by atoms with E-state index in [0.717, 1.165) is 77.7 Å². The molecule has 0 aliphatic carbocycles. The first kappa shape index (κ1) is 19.5. The Bertz CT molecular complexity index is 499. The van der Waals surface area contributed by atoms with Crippen molar-refractivity contribution in [1.82, 2.24) is 15.5 Å². The number of aliphatic imine (C=N–C) groups is 1. The summed E-state index contributed by atoms with van der Waals surface area (Å²) in [6.45, 7) is 9.60. The molecule has 0 unspecified atom stereocenters. The number of phenols is 1. The number of nitrogens with zero attached hydrogens (tertiary/aromatic N) is 2. The van der Waals surface area contributed by atoms with Gasteiger partial charge in [-0.15, -0.1) is 0 Å². The second-order valence-electron chi connectivity index (χ2n) is 6.27. The summed E-state index contributed by atoms with van der Waals surface area (Å²) in [7, 11) is 0. The Hall–Kier alpha value is -1.79. The molecule has 6 heteroatoms. The fraction of sp³-hybridized carbons (Fsp3) is 0.632. The Morgan fingerprint density at radius 3 is 2.64 bits per heavy atom. The van der Waals surface area contributed by atoms with Gasteiger partial charge < -0.3 is 20.5 Å². The lowest BCUT2D eigenvalue weighted by molar-refractivity contribution is 0.0376. The highest BCUT2D eigenvalue weighted by molar-refractivity contribution is 5.79. The Morgan fingerprint density at radius 1 is 1.16 bits per heavy atom. The molecular formula is C19H32N4O2. The van der Waals surface area contributed by atoms with E-state index in [1.54, 1.807) is 12.1 Å². The molecule has 0 atom stereocenters. The number of morpholine rings is 1. The van der Waals surface area contributed by atoms with Crippen LogP contribution >= 0.6 is 0 Å². The average Bonchev–Trinajstić information content (AvgIpc) is 2.64. The smallest absolute Gasteiger partial charge is 0.191 e. The molecule has 1 aromatic rings. The fourth-order valence-corrected chi connectivity index (χ4v) is 2.81. The van der Waals surface area contributed by atoms with Crippen molar-refractivity contribution in [2.75, 3.05) is 52.5 Å². The minimum absolute atomic E-state index is 0.317. The van der Waals surface area contributed by atoms with Crippen LogP contribution < -0.4 is 10.6 Å². The number of aryl methyl sites for hydroxylation is 1. The number of aromatic hydroxyl groups is 1. The summed E-state index contributed by atoms with van der Waals surface area (Å²) in [6, 6.07) is 7.40. The molecule has 1 fully saturated rings. The molecule has 0 spiro atoms. The molecule has 3 N–H and O–H groups in total. The van der Waals surface area contributed by atoms with E-state index in [-0.39, 0.29) is 0 Å². The summed E-state index contributed by atoms with van der Waals surface area (Å²) >= 11 is 0. The van der Waals surface area contributed by atoms with Gasteiger partial charge in [0.2, 0.25) is 0 Å². The van der Waals surface area contributed by atoms with Crippen LogP contribution in [-0.4, -0.2) is 68.4 Å². The fourth-order valence-electron chi connectivity index (χ4n) is 2.81. The van der Waals surface area contributed by atoms with E-state index in [4.69, 9.17) is 4.74 Å². The Labute approximate surface area is 151 Å². The highest BCUT2D eigenvalue weighted by atomic mass is 16.5. The monoisotopic (exact) mass is 348 g/mol. The molecule has 0 radical (unpaired) electrons. The molecule has 1 saturated heterocycles. The van der Waals surface area contributed by atoms with Gasteiger partial charge in [0.25, 0.3) is 0 Å². The third-order valence-corrected chi connectivity index (χ3v) is 4.22. The molecule has 1 aliphatic heterocycles. The molecule has 140 valence electrons. The standard InChI is InChI=1S/C19H32N4O2/c1-2-20-19(22-11-4-12-23-13-15-25-16-14-23)21-10-3-5-17-6-8-18(24)9-7-17/h6-9,24H,2-5,10-16H2,1H3,(H2,20,21,22). The lowest BCUT2D eigenvalue weighted by Gasteiger charge is -2.26. The van der Waals surface area contributed by atoms with Crippen molar-refractivity contribution in [2.45, 2.75) is 26.2 Å². The molecule has 6 nitrogen and oxygen atoms in total. The van der Waals surface area contributed by atoms with Gasteiger partial charge in [0, 0.05) is 32.7 Å². The Morgan fingerprint density at radius 2 is 1.92 bits per heavy atom. The van der Waals surface area contributed by atoms with Crippen LogP contribution in [0.2, 0.25) is 0 Å².